The maximum Gasteiger partial charge on any atom is 0.207 e. The van der Waals surface area contributed by atoms with Crippen molar-refractivity contribution in [2.24, 2.45) is 0 Å². The second kappa shape index (κ2) is 4.12. The van der Waals surface area contributed by atoms with E-state index in [0.717, 1.165) is 11.6 Å². The Kier molecular flexibility index (Phi) is 2.30. The monoisotopic (exact) mass is 249 g/mol. The molecule has 2 aromatic carbocycles. The van der Waals surface area contributed by atoms with E-state index in [1.807, 2.05) is 12.4 Å². The molecular weight excluding hydrogens is 234 g/mol. The van der Waals surface area contributed by atoms with Gasteiger partial charge in [0.2, 0.25) is 5.95 Å². The number of anilines is 1. The summed E-state index contributed by atoms with van der Waals surface area (Å²) in [4.78, 5) is 4.40. The highest BCUT2D eigenvalue weighted by atomic mass is 15.2. The van der Waals surface area contributed by atoms with Crippen LogP contribution in [-0.4, -0.2) is 15.6 Å². The Morgan fingerprint density at radius 2 is 1.89 bits per heavy atom. The first kappa shape index (κ1) is 10.6. The molecule has 1 aliphatic rings. The van der Waals surface area contributed by atoms with E-state index < -0.39 is 0 Å². The molecule has 3 nitrogen and oxygen atoms in total. The van der Waals surface area contributed by atoms with Gasteiger partial charge < -0.3 is 5.32 Å². The molecule has 0 radical (unpaired) electrons. The molecule has 0 bridgehead atoms. The van der Waals surface area contributed by atoms with Gasteiger partial charge in [-0.15, -0.1) is 0 Å². The Morgan fingerprint density at radius 1 is 1.05 bits per heavy atom. The highest BCUT2D eigenvalue weighted by molar-refractivity contribution is 5.84. The predicted octanol–water partition coefficient (Wildman–Crippen LogP) is 3.60. The van der Waals surface area contributed by atoms with Crippen LogP contribution in [-0.2, 0) is 0 Å². The molecule has 0 atom stereocenters. The molecule has 0 spiro atoms. The number of hydrogen-bond acceptors (Lipinski definition) is 2. The van der Waals surface area contributed by atoms with Crippen LogP contribution in [0.1, 0.15) is 12.8 Å². The minimum Gasteiger partial charge on any atom is -0.353 e. The largest absolute Gasteiger partial charge is 0.353 e. The fraction of sp³-hybridized carbons (Fsp3) is 0.188. The number of hydrogen-bond donors (Lipinski definition) is 1. The molecule has 0 aliphatic heterocycles. The first-order valence-corrected chi connectivity index (χ1v) is 6.69. The van der Waals surface area contributed by atoms with Gasteiger partial charge in [0.25, 0.3) is 0 Å². The Hall–Kier alpha value is -2.29. The van der Waals surface area contributed by atoms with E-state index in [-0.39, 0.29) is 0 Å². The van der Waals surface area contributed by atoms with Gasteiger partial charge in [-0.05, 0) is 35.7 Å². The van der Waals surface area contributed by atoms with E-state index in [1.165, 1.54) is 23.6 Å². The summed E-state index contributed by atoms with van der Waals surface area (Å²) in [6, 6.07) is 15.5. The van der Waals surface area contributed by atoms with E-state index in [1.54, 1.807) is 0 Å². The molecule has 1 fully saturated rings. The van der Waals surface area contributed by atoms with Gasteiger partial charge in [-0.3, -0.25) is 4.57 Å². The van der Waals surface area contributed by atoms with Gasteiger partial charge in [-0.25, -0.2) is 4.98 Å². The molecular formula is C16H15N3. The summed E-state index contributed by atoms with van der Waals surface area (Å²) in [5.41, 5.74) is 1.15. The molecule has 3 aromatic rings. The number of imidazole rings is 1. The van der Waals surface area contributed by atoms with Gasteiger partial charge in [0, 0.05) is 24.1 Å². The lowest BCUT2D eigenvalue weighted by atomic mass is 10.1. The highest BCUT2D eigenvalue weighted by Crippen LogP contribution is 2.26. The summed E-state index contributed by atoms with van der Waals surface area (Å²) in [5.74, 6) is 0.942. The Labute approximate surface area is 111 Å². The maximum absolute atomic E-state index is 4.40. The number of benzene rings is 2. The zero-order valence-electron chi connectivity index (χ0n) is 10.6. The lowest BCUT2D eigenvalue weighted by Gasteiger charge is -2.10. The zero-order chi connectivity index (χ0) is 12.7. The van der Waals surface area contributed by atoms with Crippen LogP contribution in [0.5, 0.6) is 0 Å². The molecule has 1 aliphatic carbocycles. The second-order valence-corrected chi connectivity index (χ2v) is 5.07. The van der Waals surface area contributed by atoms with Gasteiger partial charge in [0.05, 0.1) is 0 Å². The molecule has 0 unspecified atom stereocenters. The van der Waals surface area contributed by atoms with E-state index >= 15 is 0 Å². The van der Waals surface area contributed by atoms with Crippen LogP contribution in [0.3, 0.4) is 0 Å². The standard InChI is InChI=1S/C16H15N3/c1-2-4-13-11-15(8-5-12(13)3-1)19-10-9-17-16(19)18-14-6-7-14/h1-5,8-11,14H,6-7H2,(H,17,18). The van der Waals surface area contributed by atoms with Crippen LogP contribution < -0.4 is 5.32 Å². The molecule has 1 saturated carbocycles. The average molecular weight is 249 g/mol. The maximum atomic E-state index is 4.40. The van der Waals surface area contributed by atoms with Crippen molar-refractivity contribution in [1.29, 1.82) is 0 Å². The minimum atomic E-state index is 0.613. The molecule has 94 valence electrons. The van der Waals surface area contributed by atoms with Crippen molar-refractivity contribution in [3.05, 3.63) is 54.9 Å². The molecule has 19 heavy (non-hydrogen) atoms. The van der Waals surface area contributed by atoms with Gasteiger partial charge in [-0.2, -0.15) is 0 Å². The third-order valence-electron chi connectivity index (χ3n) is 3.56. The van der Waals surface area contributed by atoms with Crippen molar-refractivity contribution < 1.29 is 0 Å². The molecule has 0 amide bonds. The van der Waals surface area contributed by atoms with Gasteiger partial charge in [0.15, 0.2) is 0 Å². The number of aromatic nitrogens is 2. The smallest absolute Gasteiger partial charge is 0.207 e. The summed E-state index contributed by atoms with van der Waals surface area (Å²) in [6.45, 7) is 0. The topological polar surface area (TPSA) is 29.9 Å². The second-order valence-electron chi connectivity index (χ2n) is 5.07. The molecule has 1 aromatic heterocycles. The molecule has 1 N–H and O–H groups in total. The van der Waals surface area contributed by atoms with Crippen molar-refractivity contribution >= 4 is 16.7 Å². The number of fused-ring (bicyclic) bond motifs is 1. The Morgan fingerprint density at radius 3 is 2.74 bits per heavy atom. The third-order valence-corrected chi connectivity index (χ3v) is 3.56. The van der Waals surface area contributed by atoms with Crippen LogP contribution >= 0.6 is 0 Å². The van der Waals surface area contributed by atoms with Crippen LogP contribution in [0.2, 0.25) is 0 Å². The first-order chi connectivity index (χ1) is 9.40. The van der Waals surface area contributed by atoms with Gasteiger partial charge in [-0.1, -0.05) is 30.3 Å². The van der Waals surface area contributed by atoms with Crippen LogP contribution in [0.25, 0.3) is 16.5 Å². The van der Waals surface area contributed by atoms with Crippen molar-refractivity contribution in [2.45, 2.75) is 18.9 Å². The van der Waals surface area contributed by atoms with Gasteiger partial charge >= 0.3 is 0 Å². The SMILES string of the molecule is c1ccc2cc(-n3ccnc3NC3CC3)ccc2c1. The van der Waals surface area contributed by atoms with Crippen molar-refractivity contribution in [3.63, 3.8) is 0 Å². The fourth-order valence-electron chi connectivity index (χ4n) is 2.36. The molecule has 3 heteroatoms. The average Bonchev–Trinajstić information content (AvgIpc) is 3.14. The van der Waals surface area contributed by atoms with Crippen LogP contribution in [0.4, 0.5) is 5.95 Å². The van der Waals surface area contributed by atoms with Crippen molar-refractivity contribution in [3.8, 4) is 5.69 Å². The first-order valence-electron chi connectivity index (χ1n) is 6.69. The third kappa shape index (κ3) is 1.97. The Balaban J connectivity index is 1.78. The van der Waals surface area contributed by atoms with E-state index in [9.17, 15) is 0 Å². The number of rotatable bonds is 3. The predicted molar refractivity (Wildman–Crippen MR) is 77.7 cm³/mol. The van der Waals surface area contributed by atoms with E-state index in [4.69, 9.17) is 0 Å². The summed E-state index contributed by atoms with van der Waals surface area (Å²) in [5, 5.41) is 5.99. The Bertz CT molecular complexity index is 725. The van der Waals surface area contributed by atoms with Crippen molar-refractivity contribution in [1.82, 2.24) is 9.55 Å². The highest BCUT2D eigenvalue weighted by Gasteiger charge is 2.22. The summed E-state index contributed by atoms with van der Waals surface area (Å²) in [6.07, 6.45) is 6.36. The van der Waals surface area contributed by atoms with Crippen LogP contribution in [0.15, 0.2) is 54.9 Å². The normalized spacial score (nSPS) is 14.7. The minimum absolute atomic E-state index is 0.613. The summed E-state index contributed by atoms with van der Waals surface area (Å²) in [7, 11) is 0. The molecule has 4 rings (SSSR count). The lowest BCUT2D eigenvalue weighted by molar-refractivity contribution is 1.00. The van der Waals surface area contributed by atoms with Crippen LogP contribution in [0, 0.1) is 0 Å². The molecule has 1 heterocycles. The molecule has 0 saturated heterocycles. The lowest BCUT2D eigenvalue weighted by Crippen LogP contribution is -2.07. The van der Waals surface area contributed by atoms with Crippen molar-refractivity contribution in [2.75, 3.05) is 5.32 Å². The summed E-state index contributed by atoms with van der Waals surface area (Å²) < 4.78 is 2.12. The van der Waals surface area contributed by atoms with E-state index in [2.05, 4.69) is 57.3 Å². The fourth-order valence-corrected chi connectivity index (χ4v) is 2.36. The number of nitrogens with zero attached hydrogens (tertiary/aromatic N) is 2. The van der Waals surface area contributed by atoms with Gasteiger partial charge in [0.1, 0.15) is 0 Å². The number of nitrogens with one attached hydrogen (secondary N) is 1. The van der Waals surface area contributed by atoms with E-state index in [0.29, 0.717) is 6.04 Å². The summed E-state index contributed by atoms with van der Waals surface area (Å²) >= 11 is 0. The quantitative estimate of drug-likeness (QED) is 0.768. The zero-order valence-corrected chi connectivity index (χ0v) is 10.6.